The Labute approximate surface area is 168 Å². The standard InChI is InChI=1S/C21H23N5O3/c1-13-10-19(27)24-21(22-13)26-18(9-14(2)25-26)23-20(28)12-29-17-8-7-15-5-3-4-6-16(15)11-17/h3-9,11,13,21-22H,10,12H2,1-2H3,(H,23,28)(H,24,27). The van der Waals surface area contributed by atoms with Crippen LogP contribution in [0.1, 0.15) is 25.3 Å². The van der Waals surface area contributed by atoms with Crippen molar-refractivity contribution in [2.24, 2.45) is 0 Å². The predicted molar refractivity (Wildman–Crippen MR) is 109 cm³/mol. The number of fused-ring (bicyclic) bond motifs is 1. The summed E-state index contributed by atoms with van der Waals surface area (Å²) in [6.07, 6.45) is -0.116. The number of nitrogens with one attached hydrogen (secondary N) is 3. The topological polar surface area (TPSA) is 97.3 Å². The fraction of sp³-hybridized carbons (Fsp3) is 0.286. The number of nitrogens with zero attached hydrogens (tertiary/aromatic N) is 2. The van der Waals surface area contributed by atoms with Crippen LogP contribution in [0.2, 0.25) is 0 Å². The molecule has 2 amide bonds. The quantitative estimate of drug-likeness (QED) is 0.618. The fourth-order valence-corrected chi connectivity index (χ4v) is 3.38. The lowest BCUT2D eigenvalue weighted by Gasteiger charge is -2.30. The van der Waals surface area contributed by atoms with Gasteiger partial charge in [0.05, 0.1) is 5.69 Å². The summed E-state index contributed by atoms with van der Waals surface area (Å²) in [6, 6.07) is 15.4. The van der Waals surface area contributed by atoms with Crippen molar-refractivity contribution in [2.75, 3.05) is 11.9 Å². The minimum absolute atomic E-state index is 0.0121. The Morgan fingerprint density at radius 3 is 2.83 bits per heavy atom. The van der Waals surface area contributed by atoms with E-state index in [-0.39, 0.29) is 24.5 Å². The molecule has 1 fully saturated rings. The normalized spacial score (nSPS) is 19.0. The maximum Gasteiger partial charge on any atom is 0.263 e. The molecule has 1 aromatic heterocycles. The van der Waals surface area contributed by atoms with Gasteiger partial charge < -0.3 is 15.4 Å². The molecule has 1 aliphatic rings. The number of carbonyl (C=O) groups is 2. The largest absolute Gasteiger partial charge is 0.484 e. The van der Waals surface area contributed by atoms with Gasteiger partial charge in [0, 0.05) is 18.5 Å². The highest BCUT2D eigenvalue weighted by Crippen LogP contribution is 2.21. The van der Waals surface area contributed by atoms with Gasteiger partial charge in [-0.2, -0.15) is 5.10 Å². The molecule has 8 nitrogen and oxygen atoms in total. The molecule has 2 aromatic carbocycles. The van der Waals surface area contributed by atoms with Crippen LogP contribution in [0.4, 0.5) is 5.82 Å². The highest BCUT2D eigenvalue weighted by molar-refractivity contribution is 5.91. The average Bonchev–Trinajstić information content (AvgIpc) is 3.05. The average molecular weight is 393 g/mol. The van der Waals surface area contributed by atoms with E-state index in [1.165, 1.54) is 0 Å². The van der Waals surface area contributed by atoms with Crippen LogP contribution in [0.3, 0.4) is 0 Å². The SMILES string of the molecule is Cc1cc(NC(=O)COc2ccc3ccccc3c2)n(C2NC(=O)CC(C)N2)n1. The first-order valence-corrected chi connectivity index (χ1v) is 9.51. The lowest BCUT2D eigenvalue weighted by molar-refractivity contribution is -0.125. The Morgan fingerprint density at radius 1 is 1.24 bits per heavy atom. The van der Waals surface area contributed by atoms with Gasteiger partial charge in [-0.15, -0.1) is 0 Å². The maximum atomic E-state index is 12.4. The summed E-state index contributed by atoms with van der Waals surface area (Å²) >= 11 is 0. The molecule has 0 spiro atoms. The highest BCUT2D eigenvalue weighted by Gasteiger charge is 2.26. The van der Waals surface area contributed by atoms with Crippen molar-refractivity contribution in [1.82, 2.24) is 20.4 Å². The molecule has 3 aromatic rings. The second-order valence-corrected chi connectivity index (χ2v) is 7.20. The van der Waals surface area contributed by atoms with E-state index >= 15 is 0 Å². The van der Waals surface area contributed by atoms with Gasteiger partial charge in [-0.25, -0.2) is 4.68 Å². The minimum atomic E-state index is -0.517. The summed E-state index contributed by atoms with van der Waals surface area (Å²) in [7, 11) is 0. The van der Waals surface area contributed by atoms with Crippen LogP contribution in [0.5, 0.6) is 5.75 Å². The molecule has 0 aliphatic carbocycles. The summed E-state index contributed by atoms with van der Waals surface area (Å²) in [6.45, 7) is 3.62. The van der Waals surface area contributed by atoms with E-state index in [0.717, 1.165) is 16.5 Å². The zero-order chi connectivity index (χ0) is 20.4. The zero-order valence-electron chi connectivity index (χ0n) is 16.3. The van der Waals surface area contributed by atoms with E-state index in [0.29, 0.717) is 18.0 Å². The number of aromatic nitrogens is 2. The Hall–Kier alpha value is -3.39. The van der Waals surface area contributed by atoms with Gasteiger partial charge >= 0.3 is 0 Å². The third-order valence-corrected chi connectivity index (χ3v) is 4.69. The first-order chi connectivity index (χ1) is 14.0. The van der Waals surface area contributed by atoms with E-state index < -0.39 is 6.29 Å². The van der Waals surface area contributed by atoms with Crippen LogP contribution in [-0.2, 0) is 9.59 Å². The smallest absolute Gasteiger partial charge is 0.263 e. The van der Waals surface area contributed by atoms with E-state index in [1.807, 2.05) is 56.3 Å². The lowest BCUT2D eigenvalue weighted by Crippen LogP contribution is -2.52. The molecule has 0 saturated carbocycles. The van der Waals surface area contributed by atoms with Crippen molar-refractivity contribution >= 4 is 28.4 Å². The lowest BCUT2D eigenvalue weighted by atomic mass is 10.1. The molecule has 2 atom stereocenters. The van der Waals surface area contributed by atoms with Gasteiger partial charge in [0.25, 0.3) is 5.91 Å². The number of hydrogen-bond acceptors (Lipinski definition) is 5. The molecule has 1 aliphatic heterocycles. The third kappa shape index (κ3) is 4.38. The molecule has 3 N–H and O–H groups in total. The number of ether oxygens (including phenoxy) is 1. The zero-order valence-corrected chi connectivity index (χ0v) is 16.3. The Bertz CT molecular complexity index is 1060. The maximum absolute atomic E-state index is 12.4. The van der Waals surface area contributed by atoms with Crippen LogP contribution in [0.15, 0.2) is 48.5 Å². The minimum Gasteiger partial charge on any atom is -0.484 e. The number of amides is 2. The van der Waals surface area contributed by atoms with Gasteiger partial charge in [0.2, 0.25) is 5.91 Å². The monoisotopic (exact) mass is 393 g/mol. The molecule has 0 bridgehead atoms. The first kappa shape index (κ1) is 18.9. The van der Waals surface area contributed by atoms with Gasteiger partial charge in [-0.05, 0) is 36.8 Å². The van der Waals surface area contributed by atoms with E-state index in [2.05, 4.69) is 21.0 Å². The van der Waals surface area contributed by atoms with Crippen LogP contribution in [0, 0.1) is 6.92 Å². The number of aryl methyl sites for hydroxylation is 1. The summed E-state index contributed by atoms with van der Waals surface area (Å²) in [5.74, 6) is 0.737. The summed E-state index contributed by atoms with van der Waals surface area (Å²) < 4.78 is 7.21. The van der Waals surface area contributed by atoms with E-state index in [9.17, 15) is 9.59 Å². The second kappa shape index (κ2) is 7.92. The second-order valence-electron chi connectivity index (χ2n) is 7.20. The van der Waals surface area contributed by atoms with Gasteiger partial charge in [0.15, 0.2) is 12.9 Å². The molecule has 8 heteroatoms. The molecule has 1 saturated heterocycles. The number of hydrogen-bond donors (Lipinski definition) is 3. The molecule has 0 radical (unpaired) electrons. The molecule has 2 heterocycles. The van der Waals surface area contributed by atoms with Gasteiger partial charge in [-0.1, -0.05) is 30.3 Å². The summed E-state index contributed by atoms with van der Waals surface area (Å²) in [4.78, 5) is 24.3. The number of anilines is 1. The van der Waals surface area contributed by atoms with Crippen molar-refractivity contribution in [2.45, 2.75) is 32.6 Å². The first-order valence-electron chi connectivity index (χ1n) is 9.51. The summed E-state index contributed by atoms with van der Waals surface area (Å²) in [5.41, 5.74) is 0.727. The van der Waals surface area contributed by atoms with Gasteiger partial charge in [0.1, 0.15) is 11.6 Å². The van der Waals surface area contributed by atoms with Crippen LogP contribution >= 0.6 is 0 Å². The van der Waals surface area contributed by atoms with Crippen molar-refractivity contribution in [3.63, 3.8) is 0 Å². The molecule has 2 unspecified atom stereocenters. The van der Waals surface area contributed by atoms with Crippen molar-refractivity contribution in [3.8, 4) is 5.75 Å². The number of benzene rings is 2. The number of rotatable bonds is 5. The molecule has 150 valence electrons. The van der Waals surface area contributed by atoms with Crippen molar-refractivity contribution < 1.29 is 14.3 Å². The van der Waals surface area contributed by atoms with Crippen LogP contribution < -0.4 is 20.7 Å². The molecule has 4 rings (SSSR count). The van der Waals surface area contributed by atoms with Gasteiger partial charge in [-0.3, -0.25) is 14.9 Å². The van der Waals surface area contributed by atoms with Crippen LogP contribution in [-0.4, -0.2) is 34.2 Å². The van der Waals surface area contributed by atoms with Crippen molar-refractivity contribution in [1.29, 1.82) is 0 Å². The van der Waals surface area contributed by atoms with Crippen LogP contribution in [0.25, 0.3) is 10.8 Å². The van der Waals surface area contributed by atoms with E-state index in [4.69, 9.17) is 4.74 Å². The summed E-state index contributed by atoms with van der Waals surface area (Å²) in [5, 5.41) is 15.4. The fourth-order valence-electron chi connectivity index (χ4n) is 3.38. The van der Waals surface area contributed by atoms with E-state index in [1.54, 1.807) is 10.7 Å². The molecular weight excluding hydrogens is 370 g/mol. The Morgan fingerprint density at radius 2 is 2.03 bits per heavy atom. The molecule has 29 heavy (non-hydrogen) atoms. The number of carbonyl (C=O) groups excluding carboxylic acids is 2. The Kier molecular flexibility index (Phi) is 5.18. The highest BCUT2D eigenvalue weighted by atomic mass is 16.5. The Balaban J connectivity index is 1.42. The molecular formula is C21H23N5O3. The van der Waals surface area contributed by atoms with Crippen molar-refractivity contribution in [3.05, 3.63) is 54.2 Å². The predicted octanol–water partition coefficient (Wildman–Crippen LogP) is 2.32. The third-order valence-electron chi connectivity index (χ3n) is 4.69.